The van der Waals surface area contributed by atoms with Crippen LogP contribution in [0.3, 0.4) is 0 Å². The molecule has 2 aromatic carbocycles. The number of hydrogen-bond donors (Lipinski definition) is 1. The molecule has 1 amide bonds. The minimum Gasteiger partial charge on any atom is -0.321 e. The van der Waals surface area contributed by atoms with E-state index in [1.54, 1.807) is 35.7 Å². The van der Waals surface area contributed by atoms with Crippen LogP contribution in [0.4, 0.5) is 11.4 Å². The normalized spacial score (nSPS) is 11.2. The van der Waals surface area contributed by atoms with E-state index in [1.165, 1.54) is 17.4 Å². The van der Waals surface area contributed by atoms with E-state index in [-0.39, 0.29) is 9.77 Å². The molecule has 3 aromatic rings. The number of thiophene rings is 1. The number of aryl methyl sites for hydroxylation is 2. The average molecular weight is 401 g/mol. The molecule has 1 heterocycles. The van der Waals surface area contributed by atoms with Crippen molar-refractivity contribution in [2.75, 3.05) is 16.7 Å². The predicted molar refractivity (Wildman–Crippen MR) is 110 cm³/mol. The van der Waals surface area contributed by atoms with Crippen molar-refractivity contribution in [3.8, 4) is 0 Å². The SMILES string of the molecule is Cc1ccc(NC(=O)c2sccc2S(=O)(=O)N(C)c2cccc(C)c2)cc1. The maximum atomic E-state index is 13.1. The summed E-state index contributed by atoms with van der Waals surface area (Å²) in [6.07, 6.45) is 0. The van der Waals surface area contributed by atoms with Crippen molar-refractivity contribution in [3.05, 3.63) is 76.0 Å². The van der Waals surface area contributed by atoms with Crippen LogP contribution in [0.25, 0.3) is 0 Å². The molecule has 0 fully saturated rings. The van der Waals surface area contributed by atoms with E-state index in [0.717, 1.165) is 22.5 Å². The van der Waals surface area contributed by atoms with Gasteiger partial charge in [-0.15, -0.1) is 11.3 Å². The second kappa shape index (κ2) is 7.54. The molecular weight excluding hydrogens is 380 g/mol. The molecule has 5 nitrogen and oxygen atoms in total. The van der Waals surface area contributed by atoms with Gasteiger partial charge in [-0.3, -0.25) is 9.10 Å². The van der Waals surface area contributed by atoms with Crippen LogP contribution in [0.2, 0.25) is 0 Å². The van der Waals surface area contributed by atoms with Gasteiger partial charge in [-0.25, -0.2) is 8.42 Å². The summed E-state index contributed by atoms with van der Waals surface area (Å²) in [5.41, 5.74) is 3.20. The largest absolute Gasteiger partial charge is 0.321 e. The summed E-state index contributed by atoms with van der Waals surface area (Å²) < 4.78 is 27.4. The number of carbonyl (C=O) groups is 1. The van der Waals surface area contributed by atoms with Gasteiger partial charge in [-0.05, 0) is 55.1 Å². The smallest absolute Gasteiger partial charge is 0.267 e. The average Bonchev–Trinajstić information content (AvgIpc) is 3.14. The Morgan fingerprint density at radius 1 is 1.00 bits per heavy atom. The van der Waals surface area contributed by atoms with Gasteiger partial charge < -0.3 is 5.32 Å². The Morgan fingerprint density at radius 3 is 2.37 bits per heavy atom. The van der Waals surface area contributed by atoms with Gasteiger partial charge in [0.25, 0.3) is 15.9 Å². The molecule has 0 aliphatic rings. The third-order valence-electron chi connectivity index (χ3n) is 4.15. The Bertz CT molecular complexity index is 1070. The van der Waals surface area contributed by atoms with Crippen LogP contribution in [0.1, 0.15) is 20.8 Å². The second-order valence-corrected chi connectivity index (χ2v) is 9.10. The minimum atomic E-state index is -3.86. The lowest BCUT2D eigenvalue weighted by Gasteiger charge is -2.20. The van der Waals surface area contributed by atoms with Gasteiger partial charge in [0.1, 0.15) is 9.77 Å². The van der Waals surface area contributed by atoms with Crippen molar-refractivity contribution >= 4 is 38.6 Å². The summed E-state index contributed by atoms with van der Waals surface area (Å²) in [6, 6.07) is 16.0. The Morgan fingerprint density at radius 2 is 1.70 bits per heavy atom. The minimum absolute atomic E-state index is 0.00104. The third-order valence-corrected chi connectivity index (χ3v) is 7.02. The lowest BCUT2D eigenvalue weighted by Crippen LogP contribution is -2.28. The van der Waals surface area contributed by atoms with Crippen molar-refractivity contribution in [2.45, 2.75) is 18.7 Å². The number of hydrogen-bond acceptors (Lipinski definition) is 4. The van der Waals surface area contributed by atoms with Crippen LogP contribution in [0.15, 0.2) is 64.9 Å². The highest BCUT2D eigenvalue weighted by Gasteiger charge is 2.28. The fourth-order valence-electron chi connectivity index (χ4n) is 2.60. The summed E-state index contributed by atoms with van der Waals surface area (Å²) in [5, 5.41) is 4.37. The van der Waals surface area contributed by atoms with Crippen LogP contribution >= 0.6 is 11.3 Å². The highest BCUT2D eigenvalue weighted by Crippen LogP contribution is 2.29. The zero-order chi connectivity index (χ0) is 19.6. The molecule has 0 spiro atoms. The van der Waals surface area contributed by atoms with Crippen LogP contribution in [-0.2, 0) is 10.0 Å². The summed E-state index contributed by atoms with van der Waals surface area (Å²) in [6.45, 7) is 3.85. The number of carbonyl (C=O) groups excluding carboxylic acids is 1. The standard InChI is InChI=1S/C20H20N2O3S2/c1-14-7-9-16(10-8-14)21-20(23)19-18(11-12-26-19)27(24,25)22(3)17-6-4-5-15(2)13-17/h4-13H,1-3H3,(H,21,23). The first-order valence-electron chi connectivity index (χ1n) is 8.30. The molecule has 140 valence electrons. The molecule has 27 heavy (non-hydrogen) atoms. The maximum Gasteiger partial charge on any atom is 0.267 e. The number of anilines is 2. The molecule has 0 saturated carbocycles. The highest BCUT2D eigenvalue weighted by atomic mass is 32.2. The molecule has 7 heteroatoms. The molecule has 0 aliphatic carbocycles. The summed E-state index contributed by atoms with van der Waals surface area (Å²) in [5.74, 6) is -0.440. The zero-order valence-corrected chi connectivity index (χ0v) is 16.9. The van der Waals surface area contributed by atoms with E-state index in [2.05, 4.69) is 5.32 Å². The van der Waals surface area contributed by atoms with Crippen molar-refractivity contribution in [1.29, 1.82) is 0 Å². The first kappa shape index (κ1) is 19.1. The Labute approximate surface area is 163 Å². The first-order valence-corrected chi connectivity index (χ1v) is 10.6. The van der Waals surface area contributed by atoms with Crippen molar-refractivity contribution < 1.29 is 13.2 Å². The van der Waals surface area contributed by atoms with E-state index < -0.39 is 15.9 Å². The van der Waals surface area contributed by atoms with Crippen molar-refractivity contribution in [2.24, 2.45) is 0 Å². The van der Waals surface area contributed by atoms with Gasteiger partial charge in [0.2, 0.25) is 0 Å². The van der Waals surface area contributed by atoms with Crippen molar-refractivity contribution in [1.82, 2.24) is 0 Å². The summed E-state index contributed by atoms with van der Waals surface area (Å²) in [7, 11) is -2.37. The fraction of sp³-hybridized carbons (Fsp3) is 0.150. The monoisotopic (exact) mass is 400 g/mol. The lowest BCUT2D eigenvalue weighted by atomic mass is 10.2. The Kier molecular flexibility index (Phi) is 5.34. The van der Waals surface area contributed by atoms with Gasteiger partial charge in [-0.1, -0.05) is 29.8 Å². The van der Waals surface area contributed by atoms with Crippen LogP contribution < -0.4 is 9.62 Å². The number of benzene rings is 2. The Balaban J connectivity index is 1.91. The number of sulfonamides is 1. The Hall–Kier alpha value is -2.64. The van der Waals surface area contributed by atoms with Gasteiger partial charge in [0.05, 0.1) is 5.69 Å². The van der Waals surface area contributed by atoms with Crippen molar-refractivity contribution in [3.63, 3.8) is 0 Å². The van der Waals surface area contributed by atoms with Gasteiger partial charge in [-0.2, -0.15) is 0 Å². The molecule has 0 aliphatic heterocycles. The van der Waals surface area contributed by atoms with Crippen LogP contribution in [-0.4, -0.2) is 21.4 Å². The highest BCUT2D eigenvalue weighted by molar-refractivity contribution is 7.93. The molecule has 1 N–H and O–H groups in total. The number of amides is 1. The first-order chi connectivity index (χ1) is 12.8. The van der Waals surface area contributed by atoms with Gasteiger partial charge >= 0.3 is 0 Å². The molecule has 0 atom stereocenters. The molecule has 0 radical (unpaired) electrons. The molecule has 0 bridgehead atoms. The van der Waals surface area contributed by atoms with E-state index in [4.69, 9.17) is 0 Å². The van der Waals surface area contributed by atoms with Crippen LogP contribution in [0, 0.1) is 13.8 Å². The molecular formula is C20H20N2O3S2. The van der Waals surface area contributed by atoms with E-state index in [9.17, 15) is 13.2 Å². The predicted octanol–water partition coefficient (Wildman–Crippen LogP) is 4.44. The number of nitrogens with one attached hydrogen (secondary N) is 1. The van der Waals surface area contributed by atoms with E-state index in [0.29, 0.717) is 11.4 Å². The molecule has 0 saturated heterocycles. The van der Waals surface area contributed by atoms with E-state index >= 15 is 0 Å². The molecule has 3 rings (SSSR count). The zero-order valence-electron chi connectivity index (χ0n) is 15.3. The van der Waals surface area contributed by atoms with Gasteiger partial charge in [0.15, 0.2) is 0 Å². The van der Waals surface area contributed by atoms with Gasteiger partial charge in [0, 0.05) is 12.7 Å². The van der Waals surface area contributed by atoms with E-state index in [1.807, 2.05) is 32.0 Å². The number of rotatable bonds is 5. The second-order valence-electron chi connectivity index (χ2n) is 6.25. The fourth-order valence-corrected chi connectivity index (χ4v) is 5.08. The number of nitrogens with zero attached hydrogens (tertiary/aromatic N) is 1. The quantitative estimate of drug-likeness (QED) is 0.688. The topological polar surface area (TPSA) is 66.5 Å². The molecule has 1 aromatic heterocycles. The molecule has 0 unspecified atom stereocenters. The lowest BCUT2D eigenvalue weighted by molar-refractivity contribution is 0.102. The summed E-state index contributed by atoms with van der Waals surface area (Å²) in [4.78, 5) is 12.8. The summed E-state index contributed by atoms with van der Waals surface area (Å²) >= 11 is 1.10. The third kappa shape index (κ3) is 4.04. The van der Waals surface area contributed by atoms with Crippen LogP contribution in [0.5, 0.6) is 0 Å². The maximum absolute atomic E-state index is 13.1.